The molecule has 2 nitrogen and oxygen atoms in total. The summed E-state index contributed by atoms with van der Waals surface area (Å²) in [7, 11) is 0. The van der Waals surface area contributed by atoms with Crippen molar-refractivity contribution in [1.29, 1.82) is 0 Å². The first-order chi connectivity index (χ1) is 9.92. The zero-order valence-corrected chi connectivity index (χ0v) is 15.2. The summed E-state index contributed by atoms with van der Waals surface area (Å²) in [4.78, 5) is 0. The molecule has 0 radical (unpaired) electrons. The minimum Gasteiger partial charge on any atom is -0.378 e. The Labute approximate surface area is 133 Å². The first kappa shape index (κ1) is 19.0. The van der Waals surface area contributed by atoms with Gasteiger partial charge in [0, 0.05) is 6.61 Å². The molecule has 1 aliphatic carbocycles. The molecular formula is C19H39NO. The fourth-order valence-corrected chi connectivity index (χ4v) is 3.61. The second-order valence-electron chi connectivity index (χ2n) is 8.16. The van der Waals surface area contributed by atoms with Gasteiger partial charge < -0.3 is 10.5 Å². The van der Waals surface area contributed by atoms with Gasteiger partial charge in [-0.25, -0.2) is 0 Å². The Morgan fingerprint density at radius 3 is 2.43 bits per heavy atom. The summed E-state index contributed by atoms with van der Waals surface area (Å²) >= 11 is 0. The maximum Gasteiger partial charge on any atom is 0.0618 e. The number of hydrogen-bond donors (Lipinski definition) is 1. The molecule has 4 atom stereocenters. The summed E-state index contributed by atoms with van der Waals surface area (Å²) in [5.74, 6) is 2.09. The fourth-order valence-electron chi connectivity index (χ4n) is 3.61. The molecule has 126 valence electrons. The number of unbranched alkanes of at least 4 members (excludes halogenated alkanes) is 1. The lowest BCUT2D eigenvalue weighted by Crippen LogP contribution is -2.40. The first-order valence-electron chi connectivity index (χ1n) is 9.23. The third-order valence-electron chi connectivity index (χ3n) is 5.55. The fraction of sp³-hybridized carbons (Fsp3) is 1.00. The van der Waals surface area contributed by atoms with Crippen molar-refractivity contribution < 1.29 is 4.74 Å². The molecule has 0 aromatic heterocycles. The van der Waals surface area contributed by atoms with Gasteiger partial charge in [0.25, 0.3) is 0 Å². The molecule has 21 heavy (non-hydrogen) atoms. The van der Waals surface area contributed by atoms with Crippen LogP contribution in [0, 0.1) is 23.2 Å². The van der Waals surface area contributed by atoms with E-state index < -0.39 is 0 Å². The molecule has 1 fully saturated rings. The van der Waals surface area contributed by atoms with Crippen LogP contribution in [-0.2, 0) is 4.74 Å². The van der Waals surface area contributed by atoms with E-state index in [1.165, 1.54) is 44.9 Å². The van der Waals surface area contributed by atoms with Crippen LogP contribution in [-0.4, -0.2) is 19.3 Å². The van der Waals surface area contributed by atoms with Crippen LogP contribution in [0.3, 0.4) is 0 Å². The van der Waals surface area contributed by atoms with Crippen molar-refractivity contribution in [2.24, 2.45) is 28.9 Å². The van der Waals surface area contributed by atoms with Crippen LogP contribution < -0.4 is 5.73 Å². The Morgan fingerprint density at radius 2 is 1.90 bits per heavy atom. The highest BCUT2D eigenvalue weighted by atomic mass is 16.5. The average molecular weight is 298 g/mol. The predicted octanol–water partition coefficient (Wildman–Crippen LogP) is 5.01. The van der Waals surface area contributed by atoms with E-state index in [1.807, 2.05) is 0 Å². The Bertz CT molecular complexity index is 271. The Balaban J connectivity index is 2.51. The number of rotatable bonds is 8. The summed E-state index contributed by atoms with van der Waals surface area (Å²) in [6.45, 7) is 13.4. The van der Waals surface area contributed by atoms with E-state index in [4.69, 9.17) is 10.5 Å². The van der Waals surface area contributed by atoms with Gasteiger partial charge in [-0.15, -0.1) is 0 Å². The van der Waals surface area contributed by atoms with E-state index in [-0.39, 0.29) is 0 Å². The van der Waals surface area contributed by atoms with Gasteiger partial charge in [-0.05, 0) is 55.4 Å². The van der Waals surface area contributed by atoms with Crippen molar-refractivity contribution in [2.45, 2.75) is 85.7 Å². The molecule has 0 aromatic carbocycles. The molecule has 0 bridgehead atoms. The molecule has 0 spiro atoms. The second kappa shape index (κ2) is 9.15. The van der Waals surface area contributed by atoms with Crippen LogP contribution in [0.25, 0.3) is 0 Å². The Kier molecular flexibility index (Phi) is 8.26. The van der Waals surface area contributed by atoms with Gasteiger partial charge in [0.15, 0.2) is 0 Å². The molecule has 0 saturated heterocycles. The predicted molar refractivity (Wildman–Crippen MR) is 92.4 cm³/mol. The summed E-state index contributed by atoms with van der Waals surface area (Å²) in [5, 5.41) is 0. The van der Waals surface area contributed by atoms with Crippen molar-refractivity contribution in [3.63, 3.8) is 0 Å². The van der Waals surface area contributed by atoms with Gasteiger partial charge >= 0.3 is 0 Å². The maximum absolute atomic E-state index is 6.38. The third kappa shape index (κ3) is 6.28. The van der Waals surface area contributed by atoms with Crippen molar-refractivity contribution in [1.82, 2.24) is 0 Å². The van der Waals surface area contributed by atoms with Crippen molar-refractivity contribution in [3.8, 4) is 0 Å². The van der Waals surface area contributed by atoms with Crippen molar-refractivity contribution in [3.05, 3.63) is 0 Å². The largest absolute Gasteiger partial charge is 0.378 e. The van der Waals surface area contributed by atoms with Crippen molar-refractivity contribution in [2.75, 3.05) is 13.2 Å². The van der Waals surface area contributed by atoms with E-state index >= 15 is 0 Å². The Hall–Kier alpha value is -0.0800. The Morgan fingerprint density at radius 1 is 1.19 bits per heavy atom. The summed E-state index contributed by atoms with van der Waals surface area (Å²) in [6, 6.07) is 0. The molecule has 0 amide bonds. The second-order valence-corrected chi connectivity index (χ2v) is 8.16. The number of nitrogens with two attached hydrogens (primary N) is 1. The third-order valence-corrected chi connectivity index (χ3v) is 5.55. The minimum atomic E-state index is 0.392. The molecule has 0 aromatic rings. The normalized spacial score (nSPS) is 28.6. The van der Waals surface area contributed by atoms with Crippen LogP contribution in [0.2, 0.25) is 0 Å². The highest BCUT2D eigenvalue weighted by Crippen LogP contribution is 2.41. The van der Waals surface area contributed by atoms with Crippen LogP contribution in [0.4, 0.5) is 0 Å². The SMILES string of the molecule is CCCCC(CC)COC1CC(C(C)(C)C)CCC1CN. The summed E-state index contributed by atoms with van der Waals surface area (Å²) < 4.78 is 6.38. The summed E-state index contributed by atoms with van der Waals surface area (Å²) in [5.41, 5.74) is 6.38. The number of ether oxygens (including phenoxy) is 1. The topological polar surface area (TPSA) is 35.2 Å². The molecule has 2 N–H and O–H groups in total. The minimum absolute atomic E-state index is 0.392. The zero-order chi connectivity index (χ0) is 15.9. The van der Waals surface area contributed by atoms with E-state index in [1.54, 1.807) is 0 Å². The van der Waals surface area contributed by atoms with Crippen LogP contribution in [0.15, 0.2) is 0 Å². The molecule has 4 unspecified atom stereocenters. The van der Waals surface area contributed by atoms with Gasteiger partial charge in [0.05, 0.1) is 6.10 Å². The smallest absolute Gasteiger partial charge is 0.0618 e. The lowest BCUT2D eigenvalue weighted by atomic mass is 9.68. The lowest BCUT2D eigenvalue weighted by molar-refractivity contribution is -0.0540. The van der Waals surface area contributed by atoms with Crippen LogP contribution in [0.5, 0.6) is 0 Å². The van der Waals surface area contributed by atoms with E-state index in [0.29, 0.717) is 17.4 Å². The van der Waals surface area contributed by atoms with Crippen LogP contribution in [0.1, 0.15) is 79.6 Å². The zero-order valence-electron chi connectivity index (χ0n) is 15.2. The highest BCUT2D eigenvalue weighted by molar-refractivity contribution is 4.87. The standard InChI is InChI=1S/C19H39NO/c1-6-8-9-15(7-2)14-21-18-12-17(19(3,4)5)11-10-16(18)13-20/h15-18H,6-14,20H2,1-5H3. The maximum atomic E-state index is 6.38. The molecule has 2 heteroatoms. The number of hydrogen-bond acceptors (Lipinski definition) is 2. The van der Waals surface area contributed by atoms with Crippen LogP contribution >= 0.6 is 0 Å². The molecule has 0 aliphatic heterocycles. The quantitative estimate of drug-likeness (QED) is 0.683. The molecule has 0 heterocycles. The molecule has 1 rings (SSSR count). The first-order valence-corrected chi connectivity index (χ1v) is 9.23. The highest BCUT2D eigenvalue weighted by Gasteiger charge is 2.36. The molecule has 1 aliphatic rings. The van der Waals surface area contributed by atoms with Gasteiger partial charge in [-0.1, -0.05) is 53.9 Å². The van der Waals surface area contributed by atoms with Gasteiger partial charge in [-0.3, -0.25) is 0 Å². The van der Waals surface area contributed by atoms with Gasteiger partial charge in [0.2, 0.25) is 0 Å². The van der Waals surface area contributed by atoms with E-state index in [2.05, 4.69) is 34.6 Å². The average Bonchev–Trinajstić information content (AvgIpc) is 2.46. The summed E-state index contributed by atoms with van der Waals surface area (Å²) in [6.07, 6.45) is 9.33. The molecule has 1 saturated carbocycles. The van der Waals surface area contributed by atoms with Crippen molar-refractivity contribution >= 4 is 0 Å². The van der Waals surface area contributed by atoms with E-state index in [9.17, 15) is 0 Å². The van der Waals surface area contributed by atoms with Gasteiger partial charge in [0.1, 0.15) is 0 Å². The molecular weight excluding hydrogens is 258 g/mol. The lowest BCUT2D eigenvalue weighted by Gasteiger charge is -2.41. The van der Waals surface area contributed by atoms with Gasteiger partial charge in [-0.2, -0.15) is 0 Å². The van der Waals surface area contributed by atoms with E-state index in [0.717, 1.165) is 25.0 Å². The monoisotopic (exact) mass is 297 g/mol.